The zero-order valence-electron chi connectivity index (χ0n) is 60.2. The molecule has 9 N–H and O–H groups in total. The molecule has 14 rings (SSSR count). The van der Waals surface area contributed by atoms with Crippen molar-refractivity contribution in [3.63, 3.8) is 0 Å². The minimum atomic E-state index is -1.57. The Bertz CT molecular complexity index is 4360. The van der Waals surface area contributed by atoms with Crippen molar-refractivity contribution in [1.82, 2.24) is 74.7 Å². The second-order valence-electron chi connectivity index (χ2n) is 29.0. The van der Waals surface area contributed by atoms with Gasteiger partial charge < -0.3 is 51.0 Å². The molecular formula is C69H98BBr2Cl5N24O6. The second-order valence-corrected chi connectivity index (χ2v) is 32.5. The lowest BCUT2D eigenvalue weighted by atomic mass is 9.74. The first-order valence-electron chi connectivity index (χ1n) is 34.7. The third-order valence-corrected chi connectivity index (χ3v) is 23.9. The Balaban J connectivity index is 0.000000190. The lowest BCUT2D eigenvalue weighted by molar-refractivity contribution is 0.0429. The number of amides is 2. The Morgan fingerprint density at radius 2 is 1.02 bits per heavy atom. The van der Waals surface area contributed by atoms with Gasteiger partial charge in [0.15, 0.2) is 16.9 Å². The molecule has 3 spiro atoms. The Hall–Kier alpha value is -6.66. The fourth-order valence-corrected chi connectivity index (χ4v) is 16.7. The monoisotopic (exact) mass is 1700 g/mol. The van der Waals surface area contributed by atoms with Crippen molar-refractivity contribution in [3.05, 3.63) is 107 Å². The summed E-state index contributed by atoms with van der Waals surface area (Å²) in [5.41, 5.74) is 24.9. The normalized spacial score (nSPS) is 19.0. The van der Waals surface area contributed by atoms with Crippen LogP contribution in [0.5, 0.6) is 0 Å². The third-order valence-electron chi connectivity index (χ3n) is 20.1. The predicted octanol–water partition coefficient (Wildman–Crippen LogP) is 15.9. The molecule has 3 atom stereocenters. The van der Waals surface area contributed by atoms with Crippen LogP contribution in [0.2, 0.25) is 25.4 Å². The highest BCUT2D eigenvalue weighted by atomic mass is 79.9. The number of aryl methyl sites for hydroxylation is 3. The standard InChI is InChI=1S/C21H24Cl2N6.C20H29BrN6O2.C14H26N2O2.C6H5BCl2O2.C6H4BrClN4.2CH4.H2N6/c1-13-17(14-4-2-5-15(22)18(14)23)19-27-25-12-29(19)20(26-13)28-10-8-21(9-11-28)7-3-6-16(21)24;1-13-15(21)16-25-22-12-27(16)17(23-13)26-10-8-20(9-11-26)7-5-6-14(20)24-18(28)29-19(2,3)4;1-13(2,3)18-12(17)16-11-5-4-6-14(11)7-9-15-10-8-14;8-5-3-1-2-4(6(5)9)7(10)11;1-3-4(7)5-11-9-2-12(5)6(8)10-3;;;1-3-5-6-4-2/h2,4-5,12,16H,3,6-11,24H2,1H3;12,14H,5-11H2,1-4H3,(H,24,28);11,15H,4-10H2,1-3H3,(H,16,17);1-3,10-11H;2H,1H3;2*1H4;1-2H/b;;;;;;;3-1?,4-2?,6-5+/t16-;14-;11-;;;;;/m111...../s1. The Morgan fingerprint density at radius 1 is 0.598 bits per heavy atom. The van der Waals surface area contributed by atoms with E-state index in [0.29, 0.717) is 48.9 Å². The SMILES string of the molecule is C.C.CC(C)(C)OC(=O)N[C@@H]1CCCC12CCNCC2.Cc1nc(Cl)n2cnnc2c1Br.Cc1nc(N2CCC3(CCC[C@H]3N)CC2)n2cnnc2c1-c1cccc(Cl)c1Cl.Cc1nc(N2CCC3(CCC[C@H]3NC(=O)OC(C)(C)C)CC2)n2cnnc2c1Br.N=N/N=N/N=N.OB(O)c1cccc(Cl)c1Cl. The maximum atomic E-state index is 12.3. The van der Waals surface area contributed by atoms with Gasteiger partial charge in [-0.1, -0.05) is 105 Å². The van der Waals surface area contributed by atoms with Gasteiger partial charge in [-0.3, -0.25) is 8.80 Å². The van der Waals surface area contributed by atoms with E-state index in [-0.39, 0.29) is 49.0 Å². The minimum Gasteiger partial charge on any atom is -0.444 e. The average Bonchev–Trinajstić information content (AvgIpc) is 1.66. The Labute approximate surface area is 666 Å². The van der Waals surface area contributed by atoms with Crippen molar-refractivity contribution >= 4 is 143 Å². The van der Waals surface area contributed by atoms with Crippen LogP contribution in [0, 0.1) is 48.1 Å². The van der Waals surface area contributed by atoms with E-state index in [9.17, 15) is 9.59 Å². The number of nitrogens with zero attached hydrogens (tertiary/aromatic N) is 18. The van der Waals surface area contributed by atoms with Crippen molar-refractivity contribution < 1.29 is 29.1 Å². The number of alkyl carbamates (subject to hydrolysis) is 2. The number of hydrogen-bond donors (Lipinski definition) is 8. The van der Waals surface area contributed by atoms with Crippen LogP contribution >= 0.6 is 89.9 Å². The number of rotatable bonds is 8. The molecule has 30 nitrogen and oxygen atoms in total. The number of nitrogens with two attached hydrogens (primary N) is 1. The molecule has 0 radical (unpaired) electrons. The summed E-state index contributed by atoms with van der Waals surface area (Å²) >= 11 is 36.7. The lowest BCUT2D eigenvalue weighted by Crippen LogP contribution is -2.51. The summed E-state index contributed by atoms with van der Waals surface area (Å²) in [5, 5.41) is 63.6. The van der Waals surface area contributed by atoms with E-state index in [1.807, 2.05) is 83.2 Å². The predicted molar refractivity (Wildman–Crippen MR) is 425 cm³/mol. The summed E-state index contributed by atoms with van der Waals surface area (Å²) in [7, 11) is -1.57. The molecule has 8 aromatic rings. The molecule has 2 aromatic carbocycles. The maximum Gasteiger partial charge on any atom is 0.490 e. The smallest absolute Gasteiger partial charge is 0.444 e. The van der Waals surface area contributed by atoms with Gasteiger partial charge in [-0.25, -0.2) is 28.9 Å². The quantitative estimate of drug-likeness (QED) is 0.0303. The van der Waals surface area contributed by atoms with Gasteiger partial charge in [-0.2, -0.15) is 11.1 Å². The van der Waals surface area contributed by atoms with Gasteiger partial charge in [0.25, 0.3) is 0 Å². The maximum absolute atomic E-state index is 12.3. The zero-order valence-corrected chi connectivity index (χ0v) is 67.1. The number of anilines is 2. The van der Waals surface area contributed by atoms with Gasteiger partial charge in [0, 0.05) is 60.9 Å². The molecule has 38 heteroatoms. The summed E-state index contributed by atoms with van der Waals surface area (Å²) in [6.07, 6.45) is 21.6. The number of halogens is 7. The van der Waals surface area contributed by atoms with E-state index in [4.69, 9.17) is 104 Å². The van der Waals surface area contributed by atoms with Crippen molar-refractivity contribution in [2.45, 2.75) is 203 Å². The highest BCUT2D eigenvalue weighted by Crippen LogP contribution is 2.49. The molecule has 3 saturated heterocycles. The summed E-state index contributed by atoms with van der Waals surface area (Å²) in [5.74, 6) is 1.76. The first-order valence-corrected chi connectivity index (χ1v) is 38.2. The molecule has 0 unspecified atom stereocenters. The van der Waals surface area contributed by atoms with Crippen LogP contribution in [0.3, 0.4) is 0 Å². The van der Waals surface area contributed by atoms with Gasteiger partial charge in [-0.15, -0.1) is 30.6 Å². The first kappa shape index (κ1) is 87.6. The van der Waals surface area contributed by atoms with Crippen molar-refractivity contribution in [2.75, 3.05) is 49.1 Å². The van der Waals surface area contributed by atoms with E-state index >= 15 is 0 Å². The highest BCUT2D eigenvalue weighted by molar-refractivity contribution is 9.11. The van der Waals surface area contributed by atoms with Gasteiger partial charge in [0.05, 0.1) is 46.1 Å². The third kappa shape index (κ3) is 21.5. The van der Waals surface area contributed by atoms with E-state index < -0.39 is 18.3 Å². The van der Waals surface area contributed by atoms with E-state index in [0.717, 1.165) is 157 Å². The fourth-order valence-electron chi connectivity index (χ4n) is 14.9. The lowest BCUT2D eigenvalue weighted by Gasteiger charge is -2.43. The van der Waals surface area contributed by atoms with E-state index in [1.54, 1.807) is 35.3 Å². The summed E-state index contributed by atoms with van der Waals surface area (Å²) < 4.78 is 18.1. The fraction of sp³-hybridized carbons (Fsp3) is 0.580. The van der Waals surface area contributed by atoms with Crippen molar-refractivity contribution in [2.24, 2.45) is 42.9 Å². The number of hydrogen-bond acceptors (Lipinski definition) is 21. The van der Waals surface area contributed by atoms with Crippen LogP contribution in [0.1, 0.15) is 170 Å². The molecule has 3 aliphatic heterocycles. The molecule has 6 fully saturated rings. The van der Waals surface area contributed by atoms with E-state index in [1.165, 1.54) is 50.9 Å². The Morgan fingerprint density at radius 3 is 1.50 bits per heavy atom. The number of fused-ring (bicyclic) bond motifs is 3. The first-order chi connectivity index (χ1) is 49.8. The second kappa shape index (κ2) is 38.3. The number of carbonyl (C=O) groups is 2. The van der Waals surface area contributed by atoms with Crippen LogP contribution in [-0.4, -0.2) is 157 Å². The van der Waals surface area contributed by atoms with Gasteiger partial charge >= 0.3 is 19.3 Å². The number of piperidine rings is 3. The molecule has 107 heavy (non-hydrogen) atoms. The van der Waals surface area contributed by atoms with Crippen LogP contribution < -0.4 is 36.9 Å². The molecule has 0 bridgehead atoms. The largest absolute Gasteiger partial charge is 0.490 e. The minimum absolute atomic E-state index is 0. The van der Waals surface area contributed by atoms with E-state index in [2.05, 4.69) is 114 Å². The number of carbonyl (C=O) groups excluding carboxylic acids is 2. The number of nitrogens with one attached hydrogen (secondary N) is 5. The Kier molecular flexibility index (Phi) is 31.4. The number of benzene rings is 2. The van der Waals surface area contributed by atoms with Crippen LogP contribution in [0.4, 0.5) is 21.5 Å². The molecular weight excluding hydrogens is 1610 g/mol. The number of aromatic nitrogens is 12. The molecule has 6 aliphatic rings. The van der Waals surface area contributed by atoms with Gasteiger partial charge in [-0.05, 0) is 245 Å². The van der Waals surface area contributed by atoms with Crippen molar-refractivity contribution in [3.8, 4) is 11.1 Å². The molecule has 3 saturated carbocycles. The molecule has 6 aromatic heterocycles. The van der Waals surface area contributed by atoms with Crippen LogP contribution in [0.25, 0.3) is 28.1 Å². The van der Waals surface area contributed by atoms with Crippen LogP contribution in [0.15, 0.2) is 85.2 Å². The van der Waals surface area contributed by atoms with Gasteiger partial charge in [0.1, 0.15) is 30.2 Å². The van der Waals surface area contributed by atoms with Gasteiger partial charge in [0.2, 0.25) is 17.2 Å². The molecule has 3 aliphatic carbocycles. The summed E-state index contributed by atoms with van der Waals surface area (Å²) in [6, 6.07) is 11.1. The average molecular weight is 1710 g/mol. The summed E-state index contributed by atoms with van der Waals surface area (Å²) in [4.78, 5) is 42.7. The molecule has 9 heterocycles. The molecule has 582 valence electrons. The molecule has 2 amide bonds. The topological polar surface area (TPSA) is 388 Å². The van der Waals surface area contributed by atoms with Crippen molar-refractivity contribution in [1.29, 1.82) is 11.1 Å². The summed E-state index contributed by atoms with van der Waals surface area (Å²) in [6.45, 7) is 23.1. The number of ether oxygens (including phenoxy) is 2. The van der Waals surface area contributed by atoms with Crippen LogP contribution in [-0.2, 0) is 9.47 Å². The highest BCUT2D eigenvalue weighted by Gasteiger charge is 2.48. The zero-order chi connectivity index (χ0) is 76.2.